The van der Waals surface area contributed by atoms with Crippen molar-refractivity contribution in [2.24, 2.45) is 0 Å². The Kier molecular flexibility index (Phi) is 5.80. The second kappa shape index (κ2) is 7.61. The van der Waals surface area contributed by atoms with E-state index in [4.69, 9.17) is 0 Å². The summed E-state index contributed by atoms with van der Waals surface area (Å²) in [5.74, 6) is 0. The van der Waals surface area contributed by atoms with E-state index in [2.05, 4.69) is 35.1 Å². The SMILES string of the molecule is CCCN(Cc1cncc(C)c1)CC1CCCCN1. The summed E-state index contributed by atoms with van der Waals surface area (Å²) in [6, 6.07) is 2.93. The van der Waals surface area contributed by atoms with Gasteiger partial charge in [0.1, 0.15) is 0 Å². The first-order valence-electron chi connectivity index (χ1n) is 7.64. The Morgan fingerprint density at radius 2 is 2.26 bits per heavy atom. The molecule has 1 aromatic heterocycles. The fourth-order valence-corrected chi connectivity index (χ4v) is 2.90. The molecule has 2 rings (SSSR count). The smallest absolute Gasteiger partial charge is 0.0313 e. The highest BCUT2D eigenvalue weighted by molar-refractivity contribution is 5.16. The molecule has 3 nitrogen and oxygen atoms in total. The second-order valence-corrected chi connectivity index (χ2v) is 5.75. The molecule has 1 saturated heterocycles. The zero-order valence-electron chi connectivity index (χ0n) is 12.4. The number of hydrogen-bond acceptors (Lipinski definition) is 3. The summed E-state index contributed by atoms with van der Waals surface area (Å²) in [5.41, 5.74) is 2.59. The van der Waals surface area contributed by atoms with E-state index in [1.807, 2.05) is 12.4 Å². The van der Waals surface area contributed by atoms with E-state index < -0.39 is 0 Å². The summed E-state index contributed by atoms with van der Waals surface area (Å²) in [5, 5.41) is 3.65. The predicted molar refractivity (Wildman–Crippen MR) is 80.2 cm³/mol. The number of aromatic nitrogens is 1. The molecular formula is C16H27N3. The van der Waals surface area contributed by atoms with Gasteiger partial charge in [0, 0.05) is 31.5 Å². The van der Waals surface area contributed by atoms with Gasteiger partial charge in [0.15, 0.2) is 0 Å². The molecule has 0 bridgehead atoms. The molecule has 19 heavy (non-hydrogen) atoms. The van der Waals surface area contributed by atoms with Gasteiger partial charge in [-0.1, -0.05) is 19.4 Å². The molecule has 1 aliphatic rings. The van der Waals surface area contributed by atoms with Crippen LogP contribution in [-0.2, 0) is 6.54 Å². The average molecular weight is 261 g/mol. The summed E-state index contributed by atoms with van der Waals surface area (Å²) >= 11 is 0. The number of hydrogen-bond donors (Lipinski definition) is 1. The molecule has 0 radical (unpaired) electrons. The van der Waals surface area contributed by atoms with Gasteiger partial charge in [0.2, 0.25) is 0 Å². The van der Waals surface area contributed by atoms with E-state index in [0.717, 1.165) is 6.54 Å². The zero-order chi connectivity index (χ0) is 13.5. The molecule has 0 spiro atoms. The summed E-state index contributed by atoms with van der Waals surface area (Å²) < 4.78 is 0. The normalized spacial score (nSPS) is 19.8. The van der Waals surface area contributed by atoms with Crippen molar-refractivity contribution < 1.29 is 0 Å². The lowest BCUT2D eigenvalue weighted by molar-refractivity contribution is 0.217. The van der Waals surface area contributed by atoms with Crippen LogP contribution in [0, 0.1) is 6.92 Å². The molecule has 0 aliphatic carbocycles. The van der Waals surface area contributed by atoms with Crippen molar-refractivity contribution in [3.8, 4) is 0 Å². The number of rotatable bonds is 6. The highest BCUT2D eigenvalue weighted by Crippen LogP contribution is 2.12. The fourth-order valence-electron chi connectivity index (χ4n) is 2.90. The van der Waals surface area contributed by atoms with Gasteiger partial charge >= 0.3 is 0 Å². The van der Waals surface area contributed by atoms with E-state index in [0.29, 0.717) is 6.04 Å². The Morgan fingerprint density at radius 3 is 2.95 bits per heavy atom. The van der Waals surface area contributed by atoms with Crippen LogP contribution in [0.1, 0.15) is 43.7 Å². The summed E-state index contributed by atoms with van der Waals surface area (Å²) in [4.78, 5) is 6.87. The van der Waals surface area contributed by atoms with Crippen molar-refractivity contribution in [3.05, 3.63) is 29.6 Å². The Balaban J connectivity index is 1.91. The largest absolute Gasteiger partial charge is 0.313 e. The van der Waals surface area contributed by atoms with Gasteiger partial charge in [-0.15, -0.1) is 0 Å². The molecule has 0 aromatic carbocycles. The van der Waals surface area contributed by atoms with Crippen LogP contribution in [0.15, 0.2) is 18.5 Å². The van der Waals surface area contributed by atoms with E-state index in [1.165, 1.54) is 56.4 Å². The van der Waals surface area contributed by atoms with Crippen LogP contribution in [0.25, 0.3) is 0 Å². The maximum atomic E-state index is 4.30. The summed E-state index contributed by atoms with van der Waals surface area (Å²) in [7, 11) is 0. The van der Waals surface area contributed by atoms with Crippen molar-refractivity contribution in [3.63, 3.8) is 0 Å². The third kappa shape index (κ3) is 4.92. The lowest BCUT2D eigenvalue weighted by Gasteiger charge is -2.30. The first-order valence-corrected chi connectivity index (χ1v) is 7.64. The van der Waals surface area contributed by atoms with Crippen molar-refractivity contribution in [1.29, 1.82) is 0 Å². The molecule has 1 fully saturated rings. The molecular weight excluding hydrogens is 234 g/mol. The lowest BCUT2D eigenvalue weighted by atomic mass is 10.0. The van der Waals surface area contributed by atoms with Gasteiger partial charge in [-0.2, -0.15) is 0 Å². The molecule has 1 unspecified atom stereocenters. The molecule has 3 heteroatoms. The molecule has 1 N–H and O–H groups in total. The van der Waals surface area contributed by atoms with E-state index in [-0.39, 0.29) is 0 Å². The maximum Gasteiger partial charge on any atom is 0.0313 e. The van der Waals surface area contributed by atoms with Crippen LogP contribution in [-0.4, -0.2) is 35.6 Å². The quantitative estimate of drug-likeness (QED) is 0.853. The highest BCUT2D eigenvalue weighted by Gasteiger charge is 2.16. The molecule has 1 aliphatic heterocycles. The number of pyridine rings is 1. The van der Waals surface area contributed by atoms with Gasteiger partial charge < -0.3 is 5.32 Å². The standard InChI is InChI=1S/C16H27N3/c1-3-8-19(13-16-6-4-5-7-18-16)12-15-9-14(2)10-17-11-15/h9-11,16,18H,3-8,12-13H2,1-2H3. The van der Waals surface area contributed by atoms with Crippen LogP contribution in [0.3, 0.4) is 0 Å². The zero-order valence-corrected chi connectivity index (χ0v) is 12.4. The lowest BCUT2D eigenvalue weighted by Crippen LogP contribution is -2.43. The Hall–Kier alpha value is -0.930. The predicted octanol–water partition coefficient (Wildman–Crippen LogP) is 2.74. The van der Waals surface area contributed by atoms with Crippen molar-refractivity contribution >= 4 is 0 Å². The Bertz CT molecular complexity index is 372. The molecule has 106 valence electrons. The topological polar surface area (TPSA) is 28.2 Å². The Labute approximate surface area is 117 Å². The second-order valence-electron chi connectivity index (χ2n) is 5.75. The van der Waals surface area contributed by atoms with Gasteiger partial charge in [0.05, 0.1) is 0 Å². The molecule has 1 atom stereocenters. The number of nitrogens with one attached hydrogen (secondary N) is 1. The Morgan fingerprint density at radius 1 is 1.37 bits per heavy atom. The first kappa shape index (κ1) is 14.5. The minimum absolute atomic E-state index is 0.679. The molecule has 0 amide bonds. The van der Waals surface area contributed by atoms with Crippen molar-refractivity contribution in [1.82, 2.24) is 15.2 Å². The van der Waals surface area contributed by atoms with Gasteiger partial charge in [0.25, 0.3) is 0 Å². The van der Waals surface area contributed by atoms with Crippen LogP contribution in [0.5, 0.6) is 0 Å². The van der Waals surface area contributed by atoms with E-state index >= 15 is 0 Å². The average Bonchev–Trinajstić information content (AvgIpc) is 2.40. The summed E-state index contributed by atoms with van der Waals surface area (Å²) in [6.07, 6.45) is 9.19. The minimum Gasteiger partial charge on any atom is -0.313 e. The highest BCUT2D eigenvalue weighted by atomic mass is 15.1. The van der Waals surface area contributed by atoms with Crippen LogP contribution in [0.4, 0.5) is 0 Å². The van der Waals surface area contributed by atoms with Crippen LogP contribution in [0.2, 0.25) is 0 Å². The van der Waals surface area contributed by atoms with Crippen LogP contribution >= 0.6 is 0 Å². The number of nitrogens with zero attached hydrogens (tertiary/aromatic N) is 2. The third-order valence-electron chi connectivity index (χ3n) is 3.77. The van der Waals surface area contributed by atoms with E-state index in [9.17, 15) is 0 Å². The van der Waals surface area contributed by atoms with Gasteiger partial charge in [-0.3, -0.25) is 9.88 Å². The van der Waals surface area contributed by atoms with Crippen molar-refractivity contribution in [2.75, 3.05) is 19.6 Å². The molecule has 2 heterocycles. The number of aryl methyl sites for hydroxylation is 1. The van der Waals surface area contributed by atoms with Crippen molar-refractivity contribution in [2.45, 2.75) is 52.1 Å². The number of piperidine rings is 1. The molecule has 0 saturated carbocycles. The summed E-state index contributed by atoms with van der Waals surface area (Å²) in [6.45, 7) is 8.93. The van der Waals surface area contributed by atoms with Gasteiger partial charge in [-0.05, 0) is 50.4 Å². The van der Waals surface area contributed by atoms with Crippen LogP contribution < -0.4 is 5.32 Å². The van der Waals surface area contributed by atoms with E-state index in [1.54, 1.807) is 0 Å². The fraction of sp³-hybridized carbons (Fsp3) is 0.688. The molecule has 1 aromatic rings. The monoisotopic (exact) mass is 261 g/mol. The van der Waals surface area contributed by atoms with Gasteiger partial charge in [-0.25, -0.2) is 0 Å². The maximum absolute atomic E-state index is 4.30. The minimum atomic E-state index is 0.679. The first-order chi connectivity index (χ1) is 9.28. The third-order valence-corrected chi connectivity index (χ3v) is 3.77.